The van der Waals surface area contributed by atoms with Crippen molar-refractivity contribution in [3.63, 3.8) is 0 Å². The number of aliphatic hydroxyl groups excluding tert-OH is 1. The molecule has 0 aliphatic carbocycles. The number of hydrogen-bond acceptors (Lipinski definition) is 2. The Hall–Kier alpha value is -0.580. The third-order valence-electron chi connectivity index (χ3n) is 2.31. The molecule has 1 aliphatic heterocycles. The minimum atomic E-state index is -0.586. The van der Waals surface area contributed by atoms with Crippen molar-refractivity contribution < 1.29 is 9.90 Å². The Morgan fingerprint density at radius 3 is 2.80 bits per heavy atom. The van der Waals surface area contributed by atoms with Crippen LogP contribution in [0.1, 0.15) is 6.42 Å². The molecular weight excluding hydrogens is 281 g/mol. The monoisotopic (exact) mass is 289 g/mol. The van der Waals surface area contributed by atoms with Crippen LogP contribution in [0.25, 0.3) is 0 Å². The highest BCUT2D eigenvalue weighted by atomic mass is 79.9. The second-order valence-electron chi connectivity index (χ2n) is 3.46. The molecule has 3 nitrogen and oxygen atoms in total. The summed E-state index contributed by atoms with van der Waals surface area (Å²) in [6.45, 7) is 0.320. The van der Waals surface area contributed by atoms with Crippen LogP contribution in [0.3, 0.4) is 0 Å². The molecule has 1 aromatic rings. The number of anilines is 1. The van der Waals surface area contributed by atoms with Gasteiger partial charge in [0, 0.05) is 4.47 Å². The van der Waals surface area contributed by atoms with E-state index in [1.54, 1.807) is 12.1 Å². The quantitative estimate of drug-likeness (QED) is 0.861. The van der Waals surface area contributed by atoms with Gasteiger partial charge < -0.3 is 10.0 Å². The Morgan fingerprint density at radius 2 is 2.27 bits per heavy atom. The zero-order chi connectivity index (χ0) is 11.0. The summed E-state index contributed by atoms with van der Waals surface area (Å²) in [6, 6.07) is 5.32. The molecule has 0 spiro atoms. The first-order valence-corrected chi connectivity index (χ1v) is 5.68. The Morgan fingerprint density at radius 1 is 1.53 bits per heavy atom. The van der Waals surface area contributed by atoms with E-state index in [0.29, 0.717) is 17.3 Å². The second-order valence-corrected chi connectivity index (χ2v) is 4.78. The van der Waals surface area contributed by atoms with Crippen LogP contribution < -0.4 is 4.90 Å². The van der Waals surface area contributed by atoms with E-state index in [0.717, 1.165) is 4.47 Å². The van der Waals surface area contributed by atoms with Gasteiger partial charge in [0.2, 0.25) is 5.91 Å². The molecule has 0 radical (unpaired) electrons. The Balaban J connectivity index is 2.34. The van der Waals surface area contributed by atoms with E-state index in [9.17, 15) is 9.90 Å². The molecule has 80 valence electrons. The summed E-state index contributed by atoms with van der Waals surface area (Å²) >= 11 is 9.31. The Kier molecular flexibility index (Phi) is 3.00. The van der Waals surface area contributed by atoms with Gasteiger partial charge in [-0.15, -0.1) is 0 Å². The maximum absolute atomic E-state index is 11.5. The number of rotatable bonds is 1. The van der Waals surface area contributed by atoms with Crippen molar-refractivity contribution in [3.05, 3.63) is 27.7 Å². The lowest BCUT2D eigenvalue weighted by Crippen LogP contribution is -2.25. The number of hydrogen-bond donors (Lipinski definition) is 1. The van der Waals surface area contributed by atoms with Gasteiger partial charge in [-0.2, -0.15) is 0 Å². The number of carbonyl (C=O) groups excluding carboxylic acids is 1. The first-order chi connectivity index (χ1) is 7.08. The highest BCUT2D eigenvalue weighted by Gasteiger charge is 2.30. The molecule has 15 heavy (non-hydrogen) atoms. The molecule has 1 heterocycles. The van der Waals surface area contributed by atoms with E-state index in [4.69, 9.17) is 11.6 Å². The van der Waals surface area contributed by atoms with Crippen LogP contribution in [0.2, 0.25) is 5.02 Å². The third-order valence-corrected chi connectivity index (χ3v) is 3.10. The van der Waals surface area contributed by atoms with Crippen LogP contribution in [0.15, 0.2) is 22.7 Å². The number of nitrogens with zero attached hydrogens (tertiary/aromatic N) is 1. The number of β-amino-alcohol motifs (C(OH)–C–C–N with tert-alkyl or cyclic N) is 1. The van der Waals surface area contributed by atoms with Gasteiger partial charge in [-0.05, 0) is 18.2 Å². The maximum Gasteiger partial charge on any atom is 0.229 e. The van der Waals surface area contributed by atoms with Gasteiger partial charge in [-0.3, -0.25) is 4.79 Å². The van der Waals surface area contributed by atoms with Crippen LogP contribution in [-0.2, 0) is 4.79 Å². The van der Waals surface area contributed by atoms with Crippen LogP contribution in [0.5, 0.6) is 0 Å². The van der Waals surface area contributed by atoms with E-state index in [1.807, 2.05) is 6.07 Å². The summed E-state index contributed by atoms with van der Waals surface area (Å²) in [5.74, 6) is -0.0910. The predicted molar refractivity (Wildman–Crippen MR) is 62.1 cm³/mol. The number of amides is 1. The molecule has 1 aromatic carbocycles. The fourth-order valence-electron chi connectivity index (χ4n) is 1.62. The largest absolute Gasteiger partial charge is 0.391 e. The van der Waals surface area contributed by atoms with Gasteiger partial charge in [0.1, 0.15) is 0 Å². The molecule has 0 bridgehead atoms. The number of aliphatic hydroxyl groups is 1. The van der Waals surface area contributed by atoms with E-state index in [-0.39, 0.29) is 12.3 Å². The first-order valence-electron chi connectivity index (χ1n) is 4.51. The van der Waals surface area contributed by atoms with E-state index >= 15 is 0 Å². The van der Waals surface area contributed by atoms with Crippen LogP contribution in [0.4, 0.5) is 5.69 Å². The first kappa shape index (κ1) is 10.9. The molecule has 1 aliphatic rings. The molecule has 0 saturated carbocycles. The van der Waals surface area contributed by atoms with E-state index in [2.05, 4.69) is 15.9 Å². The SMILES string of the molecule is O=C1CC(O)CN1c1ccc(Br)cc1Cl. The minimum absolute atomic E-state index is 0.0910. The molecule has 1 fully saturated rings. The molecule has 0 aromatic heterocycles. The predicted octanol–water partition coefficient (Wildman–Crippen LogP) is 2.20. The molecule has 2 rings (SSSR count). The topological polar surface area (TPSA) is 40.5 Å². The van der Waals surface area contributed by atoms with E-state index in [1.165, 1.54) is 4.90 Å². The average Bonchev–Trinajstić information content (AvgIpc) is 2.45. The molecule has 1 amide bonds. The fourth-order valence-corrected chi connectivity index (χ4v) is 2.40. The lowest BCUT2D eigenvalue weighted by atomic mass is 10.3. The Labute approximate surface area is 101 Å². The van der Waals surface area contributed by atoms with Crippen LogP contribution >= 0.6 is 27.5 Å². The van der Waals surface area contributed by atoms with Crippen molar-refractivity contribution in [1.82, 2.24) is 0 Å². The summed E-state index contributed by atoms with van der Waals surface area (Å²) in [4.78, 5) is 13.0. The highest BCUT2D eigenvalue weighted by molar-refractivity contribution is 9.10. The van der Waals surface area contributed by atoms with Crippen LogP contribution in [-0.4, -0.2) is 23.7 Å². The zero-order valence-electron chi connectivity index (χ0n) is 7.78. The summed E-state index contributed by atoms with van der Waals surface area (Å²) < 4.78 is 0.864. The van der Waals surface area contributed by atoms with Crippen molar-refractivity contribution in [2.45, 2.75) is 12.5 Å². The normalized spacial score (nSPS) is 21.1. The lowest BCUT2D eigenvalue weighted by molar-refractivity contribution is -0.117. The lowest BCUT2D eigenvalue weighted by Gasteiger charge is -2.17. The van der Waals surface area contributed by atoms with Crippen molar-refractivity contribution in [2.24, 2.45) is 0 Å². The summed E-state index contributed by atoms with van der Waals surface area (Å²) in [7, 11) is 0. The zero-order valence-corrected chi connectivity index (χ0v) is 10.1. The van der Waals surface area contributed by atoms with Crippen molar-refractivity contribution in [3.8, 4) is 0 Å². The van der Waals surface area contributed by atoms with Crippen molar-refractivity contribution in [2.75, 3.05) is 11.4 Å². The molecule has 1 atom stereocenters. The smallest absolute Gasteiger partial charge is 0.229 e. The van der Waals surface area contributed by atoms with Gasteiger partial charge in [-0.25, -0.2) is 0 Å². The standard InChI is InChI=1S/C10H9BrClNO2/c11-6-1-2-9(8(12)3-6)13-5-7(14)4-10(13)15/h1-3,7,14H,4-5H2. The average molecular weight is 291 g/mol. The summed E-state index contributed by atoms with van der Waals surface area (Å²) in [5.41, 5.74) is 0.654. The molecule has 5 heteroatoms. The van der Waals surface area contributed by atoms with Gasteiger partial charge in [-0.1, -0.05) is 27.5 Å². The number of benzene rings is 1. The minimum Gasteiger partial charge on any atom is -0.391 e. The Bertz CT molecular complexity index is 410. The van der Waals surface area contributed by atoms with E-state index < -0.39 is 6.10 Å². The van der Waals surface area contributed by atoms with Crippen molar-refractivity contribution in [1.29, 1.82) is 0 Å². The number of carbonyl (C=O) groups is 1. The summed E-state index contributed by atoms with van der Waals surface area (Å²) in [6.07, 6.45) is -0.413. The molecular formula is C10H9BrClNO2. The second kappa shape index (κ2) is 4.12. The van der Waals surface area contributed by atoms with Crippen molar-refractivity contribution >= 4 is 39.1 Å². The molecule has 1 unspecified atom stereocenters. The van der Waals surface area contributed by atoms with Gasteiger partial charge in [0.05, 0.1) is 29.8 Å². The highest BCUT2D eigenvalue weighted by Crippen LogP contribution is 2.31. The summed E-state index contributed by atoms with van der Waals surface area (Å²) in [5, 5.41) is 9.87. The third kappa shape index (κ3) is 2.17. The fraction of sp³-hybridized carbons (Fsp3) is 0.300. The molecule has 1 saturated heterocycles. The van der Waals surface area contributed by atoms with Gasteiger partial charge >= 0.3 is 0 Å². The van der Waals surface area contributed by atoms with Gasteiger partial charge in [0.15, 0.2) is 0 Å². The number of halogens is 2. The maximum atomic E-state index is 11.5. The molecule has 1 N–H and O–H groups in total. The van der Waals surface area contributed by atoms with Crippen LogP contribution in [0, 0.1) is 0 Å². The van der Waals surface area contributed by atoms with Gasteiger partial charge in [0.25, 0.3) is 0 Å².